The van der Waals surface area contributed by atoms with Crippen molar-refractivity contribution in [3.05, 3.63) is 239 Å². The Bertz CT molecular complexity index is 3020. The molecule has 0 bridgehead atoms. The molecule has 5 heteroatoms. The van der Waals surface area contributed by atoms with Gasteiger partial charge in [0.15, 0.2) is 0 Å². The molecule has 11 rings (SSSR count). The number of hydrogen-bond donors (Lipinski definition) is 1. The zero-order chi connectivity index (χ0) is 38.6. The Morgan fingerprint density at radius 2 is 1.22 bits per heavy atom. The number of benzene rings is 7. The fourth-order valence-corrected chi connectivity index (χ4v) is 9.28. The van der Waals surface area contributed by atoms with Crippen LogP contribution in [0, 0.1) is 11.3 Å². The predicted octanol–water partition coefficient (Wildman–Crippen LogP) is 11.9. The van der Waals surface area contributed by atoms with Crippen LogP contribution < -0.4 is 10.1 Å². The van der Waals surface area contributed by atoms with Gasteiger partial charge in [-0.2, -0.15) is 5.26 Å². The van der Waals surface area contributed by atoms with Crippen LogP contribution in [0.3, 0.4) is 0 Å². The zero-order valence-corrected chi connectivity index (χ0v) is 31.3. The van der Waals surface area contributed by atoms with Gasteiger partial charge in [0.25, 0.3) is 0 Å². The number of aliphatic imine (C=N–C) groups is 1. The van der Waals surface area contributed by atoms with Crippen LogP contribution in [0.4, 0.5) is 0 Å². The van der Waals surface area contributed by atoms with Crippen molar-refractivity contribution in [1.82, 2.24) is 10.3 Å². The Balaban J connectivity index is 1.14. The first-order valence-electron chi connectivity index (χ1n) is 19.5. The van der Waals surface area contributed by atoms with E-state index in [0.717, 1.165) is 89.8 Å². The highest BCUT2D eigenvalue weighted by Gasteiger charge is 2.52. The second kappa shape index (κ2) is 13.4. The van der Waals surface area contributed by atoms with E-state index < -0.39 is 5.41 Å². The van der Waals surface area contributed by atoms with Gasteiger partial charge in [-0.25, -0.2) is 4.99 Å². The molecule has 2 atom stereocenters. The van der Waals surface area contributed by atoms with Gasteiger partial charge in [0.1, 0.15) is 17.3 Å². The minimum absolute atomic E-state index is 0.250. The van der Waals surface area contributed by atoms with Crippen LogP contribution in [0.1, 0.15) is 50.5 Å². The van der Waals surface area contributed by atoms with Crippen molar-refractivity contribution in [3.63, 3.8) is 0 Å². The van der Waals surface area contributed by atoms with E-state index in [-0.39, 0.29) is 6.04 Å². The number of nitrogens with one attached hydrogen (secondary N) is 1. The molecule has 0 amide bonds. The van der Waals surface area contributed by atoms with E-state index in [1.165, 1.54) is 5.56 Å². The van der Waals surface area contributed by atoms with Crippen LogP contribution in [-0.4, -0.2) is 10.8 Å². The topological polar surface area (TPSA) is 70.3 Å². The predicted molar refractivity (Wildman–Crippen MR) is 230 cm³/mol. The number of amidine groups is 1. The first kappa shape index (κ1) is 33.5. The largest absolute Gasteiger partial charge is 0.456 e. The van der Waals surface area contributed by atoms with E-state index in [0.29, 0.717) is 5.56 Å². The molecule has 1 aromatic heterocycles. The van der Waals surface area contributed by atoms with Gasteiger partial charge in [0, 0.05) is 40.2 Å². The average molecular weight is 743 g/mol. The number of ether oxygens (including phenoxy) is 1. The molecule has 3 aliphatic rings. The molecule has 0 radical (unpaired) electrons. The third-order valence-corrected chi connectivity index (χ3v) is 11.8. The fraction of sp³-hybridized carbons (Fsp3) is 0.0377. The Hall–Kier alpha value is -7.81. The van der Waals surface area contributed by atoms with E-state index in [4.69, 9.17) is 9.73 Å². The Morgan fingerprint density at radius 3 is 2.03 bits per heavy atom. The summed E-state index contributed by atoms with van der Waals surface area (Å²) in [5.41, 5.74) is 14.6. The number of para-hydroxylation sites is 2. The Kier molecular flexibility index (Phi) is 7.77. The molecule has 0 saturated carbocycles. The quantitative estimate of drug-likeness (QED) is 0.191. The summed E-state index contributed by atoms with van der Waals surface area (Å²) in [5.74, 6) is 2.44. The normalized spacial score (nSPS) is 17.0. The lowest BCUT2D eigenvalue weighted by Gasteiger charge is -2.40. The second-order valence-corrected chi connectivity index (χ2v) is 14.8. The first-order chi connectivity index (χ1) is 28.7. The van der Waals surface area contributed by atoms with Crippen LogP contribution in [0.2, 0.25) is 0 Å². The fourth-order valence-electron chi connectivity index (χ4n) is 9.28. The van der Waals surface area contributed by atoms with Crippen LogP contribution in [-0.2, 0) is 5.41 Å². The summed E-state index contributed by atoms with van der Waals surface area (Å²) < 4.78 is 7.11. The van der Waals surface area contributed by atoms with Crippen molar-refractivity contribution in [2.24, 2.45) is 4.99 Å². The molecule has 0 fully saturated rings. The third kappa shape index (κ3) is 5.09. The lowest BCUT2D eigenvalue weighted by atomic mass is 9.65. The molecule has 272 valence electrons. The molecule has 8 aromatic rings. The molecule has 58 heavy (non-hydrogen) atoms. The highest BCUT2D eigenvalue weighted by Crippen LogP contribution is 2.64. The van der Waals surface area contributed by atoms with E-state index in [1.54, 1.807) is 12.4 Å². The van der Waals surface area contributed by atoms with Gasteiger partial charge in [0.05, 0.1) is 28.8 Å². The molecule has 7 aromatic carbocycles. The summed E-state index contributed by atoms with van der Waals surface area (Å²) in [6, 6.07) is 63.4. The molecule has 2 unspecified atom stereocenters. The molecular formula is C53H34N4O. The minimum atomic E-state index is -0.705. The molecule has 0 saturated heterocycles. The summed E-state index contributed by atoms with van der Waals surface area (Å²) in [5, 5.41) is 14.4. The molecular weight excluding hydrogens is 709 g/mol. The molecule has 1 aliphatic carbocycles. The second-order valence-electron chi connectivity index (χ2n) is 14.8. The van der Waals surface area contributed by atoms with Gasteiger partial charge in [-0.05, 0) is 74.8 Å². The van der Waals surface area contributed by atoms with Gasteiger partial charge in [-0.15, -0.1) is 0 Å². The summed E-state index contributed by atoms with van der Waals surface area (Å²) in [4.78, 5) is 9.34. The van der Waals surface area contributed by atoms with Crippen molar-refractivity contribution in [2.45, 2.75) is 11.5 Å². The number of rotatable bonds is 5. The number of fused-ring (bicyclic) bond motifs is 9. The van der Waals surface area contributed by atoms with Crippen molar-refractivity contribution in [3.8, 4) is 50.9 Å². The highest BCUT2D eigenvalue weighted by molar-refractivity contribution is 6.04. The summed E-state index contributed by atoms with van der Waals surface area (Å²) >= 11 is 0. The van der Waals surface area contributed by atoms with Gasteiger partial charge < -0.3 is 10.1 Å². The van der Waals surface area contributed by atoms with E-state index >= 15 is 0 Å². The van der Waals surface area contributed by atoms with Gasteiger partial charge >= 0.3 is 0 Å². The van der Waals surface area contributed by atoms with E-state index in [1.807, 2.05) is 48.5 Å². The van der Waals surface area contributed by atoms with Crippen LogP contribution in [0.5, 0.6) is 11.5 Å². The van der Waals surface area contributed by atoms with Crippen LogP contribution in [0.15, 0.2) is 199 Å². The molecule has 3 heterocycles. The van der Waals surface area contributed by atoms with Crippen LogP contribution >= 0.6 is 0 Å². The van der Waals surface area contributed by atoms with Crippen LogP contribution in [0.25, 0.3) is 39.1 Å². The lowest BCUT2D eigenvalue weighted by Crippen LogP contribution is -2.34. The summed E-state index contributed by atoms with van der Waals surface area (Å²) in [6.45, 7) is 0. The number of nitrogens with zero attached hydrogens (tertiary/aromatic N) is 3. The highest BCUT2D eigenvalue weighted by atomic mass is 16.5. The lowest BCUT2D eigenvalue weighted by molar-refractivity contribution is 0.427. The molecule has 1 N–H and O–H groups in total. The Labute approximate surface area is 336 Å². The Morgan fingerprint density at radius 1 is 0.552 bits per heavy atom. The van der Waals surface area contributed by atoms with Crippen molar-refractivity contribution in [2.75, 3.05) is 0 Å². The third-order valence-electron chi connectivity index (χ3n) is 11.8. The molecule has 1 spiro atoms. The monoisotopic (exact) mass is 742 g/mol. The molecule has 2 aliphatic heterocycles. The van der Waals surface area contributed by atoms with Gasteiger partial charge in [0.2, 0.25) is 0 Å². The SMILES string of the molecule is N#Cc1cc(-c2ccncc2)ccc1-c1cccc2c1-c1ccccc1C21c2ccccc2Oc2c(C3C=C(c4ccccc4)N=C(c4ccccc4)N3)cccc21. The maximum Gasteiger partial charge on any atom is 0.137 e. The zero-order valence-electron chi connectivity index (χ0n) is 31.3. The average Bonchev–Trinajstić information content (AvgIpc) is 3.60. The minimum Gasteiger partial charge on any atom is -0.456 e. The van der Waals surface area contributed by atoms with E-state index in [9.17, 15) is 5.26 Å². The number of hydrogen-bond acceptors (Lipinski definition) is 5. The maximum atomic E-state index is 10.6. The smallest absolute Gasteiger partial charge is 0.137 e. The van der Waals surface area contributed by atoms with Gasteiger partial charge in [-0.1, -0.05) is 152 Å². The first-order valence-corrected chi connectivity index (χ1v) is 19.5. The number of pyridine rings is 1. The number of nitriles is 1. The summed E-state index contributed by atoms with van der Waals surface area (Å²) in [7, 11) is 0. The maximum absolute atomic E-state index is 10.6. The number of aromatic nitrogens is 1. The summed E-state index contributed by atoms with van der Waals surface area (Å²) in [6.07, 6.45) is 5.77. The van der Waals surface area contributed by atoms with E-state index in [2.05, 4.69) is 150 Å². The molecule has 5 nitrogen and oxygen atoms in total. The van der Waals surface area contributed by atoms with Gasteiger partial charge in [-0.3, -0.25) is 4.98 Å². The standard InChI is InChI=1S/C53H34N4O/c54-33-38-31-37(34-27-29-55-30-28-34)25-26-39(38)40-18-11-22-45-50(40)41-17-7-8-20-43(41)53(45)44-21-9-10-24-49(44)58-51-42(19-12-23-46(51)53)48-32-47(35-13-3-1-4-14-35)56-52(57-48)36-15-5-2-6-16-36/h1-32,48H,(H,56,57). The van der Waals surface area contributed by atoms with Crippen molar-refractivity contribution >= 4 is 11.5 Å². The van der Waals surface area contributed by atoms with Crippen molar-refractivity contribution in [1.29, 1.82) is 5.26 Å². The van der Waals surface area contributed by atoms with Crippen molar-refractivity contribution < 1.29 is 4.74 Å².